The summed E-state index contributed by atoms with van der Waals surface area (Å²) < 4.78 is 0. The van der Waals surface area contributed by atoms with Gasteiger partial charge in [-0.15, -0.1) is 0 Å². The molecule has 0 aliphatic heterocycles. The van der Waals surface area contributed by atoms with Crippen LogP contribution in [0, 0.1) is 6.92 Å². The molecule has 0 heterocycles. The van der Waals surface area contributed by atoms with E-state index in [4.69, 9.17) is 0 Å². The number of aromatic hydroxyl groups is 1. The van der Waals surface area contributed by atoms with E-state index in [2.05, 4.69) is 18.0 Å². The van der Waals surface area contributed by atoms with Gasteiger partial charge in [0.05, 0.1) is 5.69 Å². The van der Waals surface area contributed by atoms with Crippen LogP contribution in [0.1, 0.15) is 67.6 Å². The van der Waals surface area contributed by atoms with Gasteiger partial charge in [0.25, 0.3) is 0 Å². The predicted octanol–water partition coefficient (Wildman–Crippen LogP) is 6.28. The Balaban J connectivity index is 1.88. The van der Waals surface area contributed by atoms with Gasteiger partial charge < -0.3 is 5.11 Å². The maximum absolute atomic E-state index is 10.8. The fourth-order valence-electron chi connectivity index (χ4n) is 3.67. The molecule has 1 aliphatic rings. The van der Waals surface area contributed by atoms with E-state index in [1.54, 1.807) is 6.21 Å². The Morgan fingerprint density at radius 3 is 2.33 bits per heavy atom. The molecule has 24 heavy (non-hydrogen) atoms. The third kappa shape index (κ3) is 4.25. The lowest BCUT2D eigenvalue weighted by Gasteiger charge is -2.22. The molecule has 0 saturated heterocycles. The van der Waals surface area contributed by atoms with Crippen LogP contribution in [0.2, 0.25) is 0 Å². The van der Waals surface area contributed by atoms with E-state index in [1.807, 2.05) is 36.4 Å². The highest BCUT2D eigenvalue weighted by molar-refractivity contribution is 5.86. The summed E-state index contributed by atoms with van der Waals surface area (Å²) in [5, 5.41) is 10.8. The van der Waals surface area contributed by atoms with E-state index >= 15 is 0 Å². The highest BCUT2D eigenvalue weighted by atomic mass is 16.3. The van der Waals surface area contributed by atoms with Gasteiger partial charge >= 0.3 is 0 Å². The van der Waals surface area contributed by atoms with E-state index in [0.717, 1.165) is 16.8 Å². The minimum atomic E-state index is 0.422. The third-order valence-corrected chi connectivity index (χ3v) is 4.97. The molecule has 0 unspecified atom stereocenters. The number of rotatable bonds is 3. The minimum Gasteiger partial charge on any atom is -0.507 e. The van der Waals surface area contributed by atoms with Crippen molar-refractivity contribution in [3.8, 4) is 5.75 Å². The van der Waals surface area contributed by atoms with Gasteiger partial charge in [0.2, 0.25) is 0 Å². The molecule has 1 saturated carbocycles. The summed E-state index contributed by atoms with van der Waals surface area (Å²) in [5.74, 6) is 0.903. The normalized spacial score (nSPS) is 16.9. The van der Waals surface area contributed by atoms with Crippen molar-refractivity contribution >= 4 is 11.9 Å². The number of hydrogen-bond acceptors (Lipinski definition) is 2. The van der Waals surface area contributed by atoms with Crippen molar-refractivity contribution in [3.63, 3.8) is 0 Å². The summed E-state index contributed by atoms with van der Waals surface area (Å²) in [6.45, 7) is 2.10. The zero-order valence-corrected chi connectivity index (χ0v) is 14.5. The van der Waals surface area contributed by atoms with Gasteiger partial charge in [-0.05, 0) is 55.0 Å². The molecule has 2 aromatic rings. The maximum Gasteiger partial charge on any atom is 0.127 e. The van der Waals surface area contributed by atoms with Gasteiger partial charge in [-0.2, -0.15) is 0 Å². The summed E-state index contributed by atoms with van der Waals surface area (Å²) in [4.78, 5) is 4.51. The molecular weight excluding hydrogens is 294 g/mol. The van der Waals surface area contributed by atoms with E-state index in [1.165, 1.54) is 50.5 Å². The van der Waals surface area contributed by atoms with Crippen LogP contribution in [0.3, 0.4) is 0 Å². The zero-order chi connectivity index (χ0) is 16.8. The SMILES string of the molecule is Cc1cc(C=Nc2ccccc2)c(O)c(C2CCCCCCC2)c1. The van der Waals surface area contributed by atoms with Gasteiger partial charge in [-0.25, -0.2) is 0 Å². The van der Waals surface area contributed by atoms with Gasteiger partial charge in [-0.3, -0.25) is 4.99 Å². The van der Waals surface area contributed by atoms with Crippen LogP contribution in [0.5, 0.6) is 5.75 Å². The van der Waals surface area contributed by atoms with Crippen LogP contribution in [0.25, 0.3) is 0 Å². The lowest BCUT2D eigenvalue weighted by Crippen LogP contribution is -2.04. The number of phenols is 1. The first-order chi connectivity index (χ1) is 11.7. The third-order valence-electron chi connectivity index (χ3n) is 4.97. The van der Waals surface area contributed by atoms with Crippen molar-refractivity contribution in [1.29, 1.82) is 0 Å². The highest BCUT2D eigenvalue weighted by Crippen LogP contribution is 2.37. The number of hydrogen-bond donors (Lipinski definition) is 1. The van der Waals surface area contributed by atoms with E-state index < -0.39 is 0 Å². The standard InChI is InChI=1S/C22H27NO/c1-17-14-19(16-23-20-12-8-5-9-13-20)22(24)21(15-17)18-10-6-3-2-4-7-11-18/h5,8-9,12-16,18,24H,2-4,6-7,10-11H2,1H3. The molecule has 2 nitrogen and oxygen atoms in total. The Hall–Kier alpha value is -2.09. The predicted molar refractivity (Wildman–Crippen MR) is 102 cm³/mol. The minimum absolute atomic E-state index is 0.422. The van der Waals surface area contributed by atoms with Crippen molar-refractivity contribution in [1.82, 2.24) is 0 Å². The molecule has 126 valence electrons. The first kappa shape index (κ1) is 16.8. The summed E-state index contributed by atoms with van der Waals surface area (Å²) in [6.07, 6.45) is 10.7. The van der Waals surface area contributed by atoms with Crippen molar-refractivity contribution in [2.45, 2.75) is 57.8 Å². The molecule has 1 aliphatic carbocycles. The number of para-hydroxylation sites is 1. The highest BCUT2D eigenvalue weighted by Gasteiger charge is 2.19. The average Bonchev–Trinajstić information content (AvgIpc) is 2.56. The Labute approximate surface area is 145 Å². The molecule has 1 N–H and O–H groups in total. The van der Waals surface area contributed by atoms with Crippen LogP contribution >= 0.6 is 0 Å². The van der Waals surface area contributed by atoms with E-state index in [9.17, 15) is 5.11 Å². The molecule has 0 aromatic heterocycles. The maximum atomic E-state index is 10.8. The summed E-state index contributed by atoms with van der Waals surface area (Å²) >= 11 is 0. The molecular formula is C22H27NO. The van der Waals surface area contributed by atoms with Crippen LogP contribution in [-0.4, -0.2) is 11.3 Å². The van der Waals surface area contributed by atoms with Crippen LogP contribution in [0.15, 0.2) is 47.5 Å². The molecule has 3 rings (SSSR count). The van der Waals surface area contributed by atoms with Crippen molar-refractivity contribution in [2.24, 2.45) is 4.99 Å². The van der Waals surface area contributed by atoms with E-state index in [0.29, 0.717) is 11.7 Å². The van der Waals surface area contributed by atoms with Crippen molar-refractivity contribution in [3.05, 3.63) is 59.2 Å². The molecule has 2 heteroatoms. The second kappa shape index (κ2) is 8.14. The molecule has 0 atom stereocenters. The second-order valence-corrected chi connectivity index (χ2v) is 6.93. The molecule has 0 spiro atoms. The number of nitrogens with zero attached hydrogens (tertiary/aromatic N) is 1. The molecule has 1 fully saturated rings. The van der Waals surface area contributed by atoms with Crippen LogP contribution in [0.4, 0.5) is 5.69 Å². The summed E-state index contributed by atoms with van der Waals surface area (Å²) in [7, 11) is 0. The monoisotopic (exact) mass is 321 g/mol. The van der Waals surface area contributed by atoms with Gasteiger partial charge in [0.15, 0.2) is 0 Å². The van der Waals surface area contributed by atoms with Gasteiger partial charge in [0, 0.05) is 11.8 Å². The number of aliphatic imine (C=N–C) groups is 1. The smallest absolute Gasteiger partial charge is 0.127 e. The molecule has 0 radical (unpaired) electrons. The zero-order valence-electron chi connectivity index (χ0n) is 14.5. The topological polar surface area (TPSA) is 32.6 Å². The summed E-state index contributed by atoms with van der Waals surface area (Å²) in [6, 6.07) is 14.1. The Morgan fingerprint density at radius 2 is 1.62 bits per heavy atom. The van der Waals surface area contributed by atoms with Crippen molar-refractivity contribution < 1.29 is 5.11 Å². The van der Waals surface area contributed by atoms with Gasteiger partial charge in [0.1, 0.15) is 5.75 Å². The Morgan fingerprint density at radius 1 is 0.958 bits per heavy atom. The lowest BCUT2D eigenvalue weighted by molar-refractivity contribution is 0.423. The molecule has 0 amide bonds. The molecule has 2 aromatic carbocycles. The first-order valence-electron chi connectivity index (χ1n) is 9.16. The van der Waals surface area contributed by atoms with Gasteiger partial charge in [-0.1, -0.05) is 56.4 Å². The number of aryl methyl sites for hydroxylation is 1. The number of benzene rings is 2. The lowest BCUT2D eigenvalue weighted by atomic mass is 9.84. The molecule has 0 bridgehead atoms. The quantitative estimate of drug-likeness (QED) is 0.663. The van der Waals surface area contributed by atoms with Crippen LogP contribution in [-0.2, 0) is 0 Å². The Kier molecular flexibility index (Phi) is 5.68. The number of phenolic OH excluding ortho intramolecular Hbond substituents is 1. The largest absolute Gasteiger partial charge is 0.507 e. The second-order valence-electron chi connectivity index (χ2n) is 6.93. The summed E-state index contributed by atoms with van der Waals surface area (Å²) in [5.41, 5.74) is 4.05. The Bertz CT molecular complexity index is 683. The fraction of sp³-hybridized carbons (Fsp3) is 0.409. The van der Waals surface area contributed by atoms with Crippen LogP contribution < -0.4 is 0 Å². The van der Waals surface area contributed by atoms with E-state index in [-0.39, 0.29) is 0 Å². The fourth-order valence-corrected chi connectivity index (χ4v) is 3.67. The average molecular weight is 321 g/mol. The first-order valence-corrected chi connectivity index (χ1v) is 9.16. The van der Waals surface area contributed by atoms with Crippen molar-refractivity contribution in [2.75, 3.05) is 0 Å².